The molecule has 0 saturated carbocycles. The molecule has 0 radical (unpaired) electrons. The zero-order valence-electron chi connectivity index (χ0n) is 11.7. The molecule has 1 heterocycles. The smallest absolute Gasteiger partial charge is 0.337 e. The molecule has 1 aliphatic rings. The number of aromatic carboxylic acids is 1. The van der Waals surface area contributed by atoms with E-state index in [1.165, 1.54) is 6.07 Å². The quantitative estimate of drug-likeness (QED) is 0.831. The van der Waals surface area contributed by atoms with Gasteiger partial charge in [0.25, 0.3) is 0 Å². The first-order chi connectivity index (χ1) is 10.3. The molecule has 9 heteroatoms. The third-order valence-corrected chi connectivity index (χ3v) is 4.48. The lowest BCUT2D eigenvalue weighted by Gasteiger charge is -2.15. The average molecular weight is 351 g/mol. The second kappa shape index (κ2) is 6.82. The lowest BCUT2D eigenvalue weighted by atomic mass is 10.2. The highest BCUT2D eigenvalue weighted by Gasteiger charge is 2.23. The number of carboxylic acids is 1. The van der Waals surface area contributed by atoms with Crippen LogP contribution in [0.15, 0.2) is 17.0 Å². The largest absolute Gasteiger partial charge is 0.490 e. The van der Waals surface area contributed by atoms with Crippen molar-refractivity contribution in [3.05, 3.63) is 22.7 Å². The fraction of sp³-hybridized carbons (Fsp3) is 0.462. The third-order valence-electron chi connectivity index (χ3n) is 2.98. The SMILES string of the molecule is CS(=O)(=O)c1ccc(C(=O)O)c(Cl)c1OCCC1OCCO1. The molecule has 122 valence electrons. The van der Waals surface area contributed by atoms with Gasteiger partial charge in [0.2, 0.25) is 0 Å². The summed E-state index contributed by atoms with van der Waals surface area (Å²) in [6, 6.07) is 2.31. The first-order valence-electron chi connectivity index (χ1n) is 6.42. The Morgan fingerprint density at radius 2 is 2.05 bits per heavy atom. The average Bonchev–Trinajstić information content (AvgIpc) is 2.91. The number of carbonyl (C=O) groups is 1. The van der Waals surface area contributed by atoms with E-state index in [0.717, 1.165) is 12.3 Å². The van der Waals surface area contributed by atoms with Gasteiger partial charge in [-0.1, -0.05) is 11.6 Å². The van der Waals surface area contributed by atoms with Crippen LogP contribution in [0.2, 0.25) is 5.02 Å². The maximum Gasteiger partial charge on any atom is 0.337 e. The molecule has 7 nitrogen and oxygen atoms in total. The van der Waals surface area contributed by atoms with E-state index in [9.17, 15) is 13.2 Å². The molecule has 1 aliphatic heterocycles. The van der Waals surface area contributed by atoms with Gasteiger partial charge in [0, 0.05) is 12.7 Å². The van der Waals surface area contributed by atoms with Gasteiger partial charge in [0.15, 0.2) is 21.9 Å². The number of carboxylic acid groups (broad SMARTS) is 1. The predicted molar refractivity (Wildman–Crippen MR) is 77.3 cm³/mol. The number of sulfone groups is 1. The predicted octanol–water partition coefficient (Wildman–Crippen LogP) is 1.58. The standard InChI is InChI=1S/C13H15ClO7S/c1-22(17,18)9-3-2-8(13(15)16)11(14)12(9)21-5-4-10-19-6-7-20-10/h2-3,10H,4-7H2,1H3,(H,15,16). The normalized spacial score (nSPS) is 15.9. The van der Waals surface area contributed by atoms with Gasteiger partial charge in [-0.25, -0.2) is 13.2 Å². The van der Waals surface area contributed by atoms with Gasteiger partial charge in [-0.05, 0) is 12.1 Å². The minimum absolute atomic E-state index is 0.0793. The summed E-state index contributed by atoms with van der Waals surface area (Å²) >= 11 is 5.98. The van der Waals surface area contributed by atoms with Crippen molar-refractivity contribution in [2.24, 2.45) is 0 Å². The molecule has 1 aromatic carbocycles. The molecule has 1 aromatic rings. The lowest BCUT2D eigenvalue weighted by Crippen LogP contribution is -2.14. The fourth-order valence-electron chi connectivity index (χ4n) is 1.96. The number of hydrogen-bond acceptors (Lipinski definition) is 6. The summed E-state index contributed by atoms with van der Waals surface area (Å²) in [4.78, 5) is 10.9. The minimum atomic E-state index is -3.61. The Hall–Kier alpha value is -1.35. The number of hydrogen-bond donors (Lipinski definition) is 1. The minimum Gasteiger partial charge on any atom is -0.490 e. The summed E-state index contributed by atoms with van der Waals surface area (Å²) < 4.78 is 39.4. The number of ether oxygens (including phenoxy) is 3. The molecule has 0 aliphatic carbocycles. The Bertz CT molecular complexity index is 665. The van der Waals surface area contributed by atoms with Crippen LogP contribution in [0.25, 0.3) is 0 Å². The molecule has 2 rings (SSSR count). The van der Waals surface area contributed by atoms with Gasteiger partial charge in [-0.15, -0.1) is 0 Å². The Morgan fingerprint density at radius 3 is 2.59 bits per heavy atom. The summed E-state index contributed by atoms with van der Waals surface area (Å²) in [6.07, 6.45) is 0.953. The molecular formula is C13H15ClO7S. The third kappa shape index (κ3) is 3.89. The first-order valence-corrected chi connectivity index (χ1v) is 8.69. The number of rotatable bonds is 6. The zero-order chi connectivity index (χ0) is 16.3. The van der Waals surface area contributed by atoms with Crippen LogP contribution in [0.1, 0.15) is 16.8 Å². The van der Waals surface area contributed by atoms with Crippen LogP contribution in [-0.4, -0.2) is 51.9 Å². The van der Waals surface area contributed by atoms with Crippen LogP contribution in [0.3, 0.4) is 0 Å². The van der Waals surface area contributed by atoms with E-state index in [0.29, 0.717) is 19.6 Å². The van der Waals surface area contributed by atoms with Crippen molar-refractivity contribution in [3.63, 3.8) is 0 Å². The fourth-order valence-corrected chi connectivity index (χ4v) is 3.13. The molecule has 1 saturated heterocycles. The summed E-state index contributed by atoms with van der Waals surface area (Å²) in [7, 11) is -3.61. The molecule has 0 amide bonds. The highest BCUT2D eigenvalue weighted by molar-refractivity contribution is 7.90. The Kier molecular flexibility index (Phi) is 5.28. The summed E-state index contributed by atoms with van der Waals surface area (Å²) in [5, 5.41) is 8.81. The van der Waals surface area contributed by atoms with Crippen molar-refractivity contribution in [2.75, 3.05) is 26.1 Å². The highest BCUT2D eigenvalue weighted by atomic mass is 35.5. The van der Waals surface area contributed by atoms with E-state index in [1.54, 1.807) is 0 Å². The second-order valence-corrected chi connectivity index (χ2v) is 7.00. The van der Waals surface area contributed by atoms with E-state index < -0.39 is 22.1 Å². The van der Waals surface area contributed by atoms with E-state index in [1.807, 2.05) is 0 Å². The van der Waals surface area contributed by atoms with Gasteiger partial charge in [0.1, 0.15) is 4.90 Å². The topological polar surface area (TPSA) is 99.1 Å². The molecule has 0 unspecified atom stereocenters. The van der Waals surface area contributed by atoms with E-state index in [-0.39, 0.29) is 27.8 Å². The van der Waals surface area contributed by atoms with Crippen LogP contribution >= 0.6 is 11.6 Å². The van der Waals surface area contributed by atoms with Crippen molar-refractivity contribution >= 4 is 27.4 Å². The van der Waals surface area contributed by atoms with Crippen molar-refractivity contribution in [2.45, 2.75) is 17.6 Å². The van der Waals surface area contributed by atoms with Gasteiger partial charge < -0.3 is 19.3 Å². The highest BCUT2D eigenvalue weighted by Crippen LogP contribution is 2.35. The van der Waals surface area contributed by atoms with Crippen LogP contribution in [0, 0.1) is 0 Å². The monoisotopic (exact) mass is 350 g/mol. The van der Waals surface area contributed by atoms with Crippen LogP contribution in [-0.2, 0) is 19.3 Å². The molecular weight excluding hydrogens is 336 g/mol. The van der Waals surface area contributed by atoms with Crippen LogP contribution in [0.5, 0.6) is 5.75 Å². The van der Waals surface area contributed by atoms with Gasteiger partial charge in [-0.2, -0.15) is 0 Å². The molecule has 0 atom stereocenters. The van der Waals surface area contributed by atoms with Crippen LogP contribution < -0.4 is 4.74 Å². The summed E-state index contributed by atoms with van der Waals surface area (Å²) in [5.74, 6) is -1.43. The zero-order valence-corrected chi connectivity index (χ0v) is 13.3. The second-order valence-electron chi connectivity index (χ2n) is 4.64. The lowest BCUT2D eigenvalue weighted by molar-refractivity contribution is -0.0532. The summed E-state index contributed by atoms with van der Waals surface area (Å²) in [6.45, 7) is 1.07. The van der Waals surface area contributed by atoms with Crippen molar-refractivity contribution < 1.29 is 32.5 Å². The van der Waals surface area contributed by atoms with Crippen LogP contribution in [0.4, 0.5) is 0 Å². The van der Waals surface area contributed by atoms with E-state index >= 15 is 0 Å². The molecule has 0 aromatic heterocycles. The van der Waals surface area contributed by atoms with Crippen molar-refractivity contribution in [3.8, 4) is 5.75 Å². The molecule has 1 N–H and O–H groups in total. The van der Waals surface area contributed by atoms with Gasteiger partial charge >= 0.3 is 5.97 Å². The Morgan fingerprint density at radius 1 is 1.41 bits per heavy atom. The van der Waals surface area contributed by atoms with Crippen molar-refractivity contribution in [1.29, 1.82) is 0 Å². The first kappa shape index (κ1) is 17.0. The number of benzene rings is 1. The molecule has 1 fully saturated rings. The molecule has 0 bridgehead atoms. The van der Waals surface area contributed by atoms with E-state index in [4.69, 9.17) is 30.9 Å². The maximum absolute atomic E-state index is 11.8. The molecule has 22 heavy (non-hydrogen) atoms. The maximum atomic E-state index is 11.8. The van der Waals surface area contributed by atoms with Gasteiger partial charge in [0.05, 0.1) is 30.4 Å². The Labute approximate surface area is 132 Å². The van der Waals surface area contributed by atoms with E-state index in [2.05, 4.69) is 0 Å². The molecule has 0 spiro atoms. The Balaban J connectivity index is 2.25. The summed E-state index contributed by atoms with van der Waals surface area (Å²) in [5.41, 5.74) is -0.225. The number of halogens is 1. The van der Waals surface area contributed by atoms with Gasteiger partial charge in [-0.3, -0.25) is 0 Å². The van der Waals surface area contributed by atoms with Crippen molar-refractivity contribution in [1.82, 2.24) is 0 Å².